The van der Waals surface area contributed by atoms with Crippen LogP contribution in [0.5, 0.6) is 0 Å². The van der Waals surface area contributed by atoms with Crippen molar-refractivity contribution in [3.63, 3.8) is 0 Å². The fourth-order valence-electron chi connectivity index (χ4n) is 2.91. The van der Waals surface area contributed by atoms with Gasteiger partial charge in [-0.15, -0.1) is 0 Å². The molecule has 0 aromatic carbocycles. The number of likely N-dealkylation sites (tertiary alicyclic amines) is 1. The molecule has 2 fully saturated rings. The predicted octanol–water partition coefficient (Wildman–Crippen LogP) is 0.538. The van der Waals surface area contributed by atoms with Gasteiger partial charge in [-0.3, -0.25) is 4.79 Å². The third kappa shape index (κ3) is 5.62. The van der Waals surface area contributed by atoms with Crippen LogP contribution < -0.4 is 5.32 Å². The summed E-state index contributed by atoms with van der Waals surface area (Å²) >= 11 is 0. The third-order valence-electron chi connectivity index (χ3n) is 4.33. The minimum atomic E-state index is -3.26. The highest BCUT2D eigenvalue weighted by atomic mass is 32.2. The van der Waals surface area contributed by atoms with E-state index in [9.17, 15) is 18.0 Å². The summed E-state index contributed by atoms with van der Waals surface area (Å²) in [5, 5.41) is 2.94. The average molecular weight is 361 g/mol. The van der Waals surface area contributed by atoms with Crippen LogP contribution in [-0.2, 0) is 19.6 Å². The maximum absolute atomic E-state index is 12.1. The molecule has 1 saturated heterocycles. The van der Waals surface area contributed by atoms with Crippen molar-refractivity contribution in [2.24, 2.45) is 0 Å². The number of carbonyl (C=O) groups excluding carboxylic acids is 2. The van der Waals surface area contributed by atoms with Crippen LogP contribution >= 0.6 is 0 Å². The van der Waals surface area contributed by atoms with E-state index in [1.165, 1.54) is 10.6 Å². The molecular weight excluding hydrogens is 334 g/mol. The molecule has 2 amide bonds. The molecule has 2 aliphatic rings. The van der Waals surface area contributed by atoms with Gasteiger partial charge in [0.1, 0.15) is 0 Å². The van der Waals surface area contributed by atoms with E-state index in [0.717, 1.165) is 12.8 Å². The molecule has 1 saturated carbocycles. The summed E-state index contributed by atoms with van der Waals surface area (Å²) in [4.78, 5) is 25.3. The SMILES string of the molecule is CCOC(=O)N1CCC(NC(=O)CCN(C2CC2)S(C)(=O)=O)CC1. The van der Waals surface area contributed by atoms with Crippen LogP contribution in [0.2, 0.25) is 0 Å². The molecule has 1 aliphatic carbocycles. The molecule has 1 heterocycles. The molecule has 0 aromatic rings. The summed E-state index contributed by atoms with van der Waals surface area (Å²) in [6.07, 6.45) is 4.17. The van der Waals surface area contributed by atoms with Crippen molar-refractivity contribution < 1.29 is 22.7 Å². The van der Waals surface area contributed by atoms with Gasteiger partial charge >= 0.3 is 6.09 Å². The molecule has 0 radical (unpaired) electrons. The summed E-state index contributed by atoms with van der Waals surface area (Å²) in [5.41, 5.74) is 0. The standard InChI is InChI=1S/C15H27N3O5S/c1-3-23-15(20)17-9-6-12(7-10-17)16-14(19)8-11-18(13-4-5-13)24(2,21)22/h12-13H,3-11H2,1-2H3,(H,16,19). The van der Waals surface area contributed by atoms with E-state index in [1.54, 1.807) is 11.8 Å². The summed E-state index contributed by atoms with van der Waals surface area (Å²) in [6.45, 7) is 3.47. The number of hydrogen-bond acceptors (Lipinski definition) is 5. The third-order valence-corrected chi connectivity index (χ3v) is 5.66. The molecule has 0 aromatic heterocycles. The lowest BCUT2D eigenvalue weighted by atomic mass is 10.1. The monoisotopic (exact) mass is 361 g/mol. The highest BCUT2D eigenvalue weighted by molar-refractivity contribution is 7.88. The van der Waals surface area contributed by atoms with Crippen LogP contribution in [0.15, 0.2) is 0 Å². The molecule has 138 valence electrons. The van der Waals surface area contributed by atoms with Crippen molar-refractivity contribution in [2.45, 2.75) is 51.1 Å². The van der Waals surface area contributed by atoms with E-state index in [2.05, 4.69) is 5.32 Å². The van der Waals surface area contributed by atoms with Gasteiger partial charge in [0.25, 0.3) is 0 Å². The summed E-state index contributed by atoms with van der Waals surface area (Å²) in [5.74, 6) is -0.140. The Kier molecular flexibility index (Phi) is 6.45. The first-order valence-corrected chi connectivity index (χ1v) is 10.3. The first-order valence-electron chi connectivity index (χ1n) is 8.49. The van der Waals surface area contributed by atoms with Gasteiger partial charge in [0, 0.05) is 38.1 Å². The minimum absolute atomic E-state index is 0.0239. The lowest BCUT2D eigenvalue weighted by molar-refractivity contribution is -0.122. The van der Waals surface area contributed by atoms with Gasteiger partial charge in [0.15, 0.2) is 0 Å². The van der Waals surface area contributed by atoms with Gasteiger partial charge in [0.05, 0.1) is 12.9 Å². The molecule has 1 N–H and O–H groups in total. The Balaban J connectivity index is 1.71. The van der Waals surface area contributed by atoms with E-state index in [-0.39, 0.29) is 37.0 Å². The molecule has 0 unspecified atom stereocenters. The molecular formula is C15H27N3O5S. The van der Waals surface area contributed by atoms with Crippen LogP contribution in [0.3, 0.4) is 0 Å². The number of ether oxygens (including phenoxy) is 1. The molecule has 2 rings (SSSR count). The number of nitrogens with one attached hydrogen (secondary N) is 1. The minimum Gasteiger partial charge on any atom is -0.450 e. The fraction of sp³-hybridized carbons (Fsp3) is 0.867. The summed E-state index contributed by atoms with van der Waals surface area (Å²) in [7, 11) is -3.26. The number of nitrogens with zero attached hydrogens (tertiary/aromatic N) is 2. The van der Waals surface area contributed by atoms with Crippen molar-refractivity contribution in [1.82, 2.24) is 14.5 Å². The van der Waals surface area contributed by atoms with Crippen molar-refractivity contribution in [3.8, 4) is 0 Å². The fourth-order valence-corrected chi connectivity index (χ4v) is 4.09. The molecule has 1 aliphatic heterocycles. The van der Waals surface area contributed by atoms with E-state index < -0.39 is 10.0 Å². The normalized spacial score (nSPS) is 19.4. The van der Waals surface area contributed by atoms with Crippen molar-refractivity contribution >= 4 is 22.0 Å². The van der Waals surface area contributed by atoms with Gasteiger partial charge in [-0.05, 0) is 32.6 Å². The summed E-state index contributed by atoms with van der Waals surface area (Å²) in [6, 6.07) is 0.0939. The maximum Gasteiger partial charge on any atom is 0.409 e. The van der Waals surface area contributed by atoms with Crippen molar-refractivity contribution in [3.05, 3.63) is 0 Å². The Labute approximate surface area is 143 Å². The van der Waals surface area contributed by atoms with Crippen LogP contribution in [0.4, 0.5) is 4.79 Å². The second-order valence-electron chi connectivity index (χ2n) is 6.38. The Morgan fingerprint density at radius 1 is 1.21 bits per heavy atom. The topological polar surface area (TPSA) is 96.0 Å². The van der Waals surface area contributed by atoms with Crippen LogP contribution in [-0.4, -0.2) is 74.2 Å². The maximum atomic E-state index is 12.1. The molecule has 0 bridgehead atoms. The van der Waals surface area contributed by atoms with Crippen molar-refractivity contribution in [1.29, 1.82) is 0 Å². The van der Waals surface area contributed by atoms with Crippen LogP contribution in [0.25, 0.3) is 0 Å². The lowest BCUT2D eigenvalue weighted by Gasteiger charge is -2.31. The van der Waals surface area contributed by atoms with Crippen LogP contribution in [0.1, 0.15) is 39.0 Å². The zero-order valence-electron chi connectivity index (χ0n) is 14.4. The number of sulfonamides is 1. The van der Waals surface area contributed by atoms with Crippen molar-refractivity contribution in [2.75, 3.05) is 32.5 Å². The number of hydrogen-bond donors (Lipinski definition) is 1. The summed E-state index contributed by atoms with van der Waals surface area (Å²) < 4.78 is 29.8. The molecule has 0 spiro atoms. The van der Waals surface area contributed by atoms with Gasteiger partial charge in [0.2, 0.25) is 15.9 Å². The van der Waals surface area contributed by atoms with Gasteiger partial charge in [-0.25, -0.2) is 13.2 Å². The second-order valence-corrected chi connectivity index (χ2v) is 8.32. The highest BCUT2D eigenvalue weighted by Crippen LogP contribution is 2.28. The predicted molar refractivity (Wildman–Crippen MR) is 88.9 cm³/mol. The average Bonchev–Trinajstić information content (AvgIpc) is 3.31. The van der Waals surface area contributed by atoms with E-state index in [1.807, 2.05) is 0 Å². The number of amides is 2. The Bertz CT molecular complexity index is 553. The quantitative estimate of drug-likeness (QED) is 0.714. The van der Waals surface area contributed by atoms with E-state index >= 15 is 0 Å². The largest absolute Gasteiger partial charge is 0.450 e. The molecule has 8 nitrogen and oxygen atoms in total. The number of piperidine rings is 1. The van der Waals surface area contributed by atoms with Gasteiger partial charge < -0.3 is 15.0 Å². The zero-order chi connectivity index (χ0) is 17.7. The first kappa shape index (κ1) is 19.0. The van der Waals surface area contributed by atoms with Crippen LogP contribution in [0, 0.1) is 0 Å². The Hall–Kier alpha value is -1.35. The number of rotatable bonds is 7. The molecule has 9 heteroatoms. The second kappa shape index (κ2) is 8.15. The smallest absolute Gasteiger partial charge is 0.409 e. The molecule has 24 heavy (non-hydrogen) atoms. The Morgan fingerprint density at radius 2 is 1.83 bits per heavy atom. The Morgan fingerprint density at radius 3 is 2.33 bits per heavy atom. The zero-order valence-corrected chi connectivity index (χ0v) is 15.2. The van der Waals surface area contributed by atoms with E-state index in [0.29, 0.717) is 32.5 Å². The highest BCUT2D eigenvalue weighted by Gasteiger charge is 2.35. The number of carbonyl (C=O) groups is 2. The lowest BCUT2D eigenvalue weighted by Crippen LogP contribution is -2.47. The first-order chi connectivity index (χ1) is 11.3. The van der Waals surface area contributed by atoms with Gasteiger partial charge in [-0.2, -0.15) is 4.31 Å². The molecule has 0 atom stereocenters. The van der Waals surface area contributed by atoms with Gasteiger partial charge in [-0.1, -0.05) is 0 Å². The van der Waals surface area contributed by atoms with E-state index in [4.69, 9.17) is 4.74 Å².